The summed E-state index contributed by atoms with van der Waals surface area (Å²) in [6.07, 6.45) is 0.952. The molecule has 0 amide bonds. The lowest BCUT2D eigenvalue weighted by Crippen LogP contribution is -2.04. The first kappa shape index (κ1) is 13.5. The van der Waals surface area contributed by atoms with Gasteiger partial charge in [-0.3, -0.25) is 4.79 Å². The summed E-state index contributed by atoms with van der Waals surface area (Å²) in [5.74, 6) is 0.753. The SMILES string of the molecule is CCCOc1cc(N)cc(NCc2csc(=O)[nH]2)c1. The Balaban J connectivity index is 2.02. The van der Waals surface area contributed by atoms with Crippen LogP contribution in [0.3, 0.4) is 0 Å². The van der Waals surface area contributed by atoms with Crippen LogP contribution in [0.25, 0.3) is 0 Å². The Morgan fingerprint density at radius 3 is 2.95 bits per heavy atom. The number of thiazole rings is 1. The number of benzene rings is 1. The highest BCUT2D eigenvalue weighted by Gasteiger charge is 2.01. The molecule has 2 rings (SSSR count). The van der Waals surface area contributed by atoms with E-state index in [1.165, 1.54) is 0 Å². The number of hydrogen-bond donors (Lipinski definition) is 3. The molecule has 0 unspecified atom stereocenters. The fourth-order valence-electron chi connectivity index (χ4n) is 1.63. The molecule has 6 heteroatoms. The first-order valence-electron chi connectivity index (χ1n) is 6.11. The van der Waals surface area contributed by atoms with Gasteiger partial charge in [-0.1, -0.05) is 18.3 Å². The van der Waals surface area contributed by atoms with E-state index in [1.807, 2.05) is 12.1 Å². The predicted octanol–water partition coefficient (Wildman–Crippen LogP) is 2.42. The van der Waals surface area contributed by atoms with E-state index in [9.17, 15) is 4.79 Å². The molecule has 5 nitrogen and oxygen atoms in total. The number of ether oxygens (including phenoxy) is 1. The minimum atomic E-state index is -0.0451. The van der Waals surface area contributed by atoms with Crippen molar-refractivity contribution in [1.82, 2.24) is 4.98 Å². The van der Waals surface area contributed by atoms with Crippen LogP contribution in [0.5, 0.6) is 5.75 Å². The molecule has 0 fully saturated rings. The van der Waals surface area contributed by atoms with Gasteiger partial charge in [-0.15, -0.1) is 0 Å². The number of aromatic amines is 1. The molecule has 19 heavy (non-hydrogen) atoms. The number of aromatic nitrogens is 1. The molecule has 0 radical (unpaired) electrons. The van der Waals surface area contributed by atoms with E-state index < -0.39 is 0 Å². The van der Waals surface area contributed by atoms with Crippen LogP contribution in [0, 0.1) is 0 Å². The van der Waals surface area contributed by atoms with Crippen LogP contribution in [-0.2, 0) is 6.54 Å². The van der Waals surface area contributed by atoms with Gasteiger partial charge in [-0.2, -0.15) is 0 Å². The zero-order chi connectivity index (χ0) is 13.7. The van der Waals surface area contributed by atoms with Gasteiger partial charge in [0.15, 0.2) is 0 Å². The lowest BCUT2D eigenvalue weighted by molar-refractivity contribution is 0.318. The third kappa shape index (κ3) is 4.03. The molecule has 0 aliphatic carbocycles. The molecular formula is C13H17N3O2S. The van der Waals surface area contributed by atoms with Gasteiger partial charge in [0.1, 0.15) is 5.75 Å². The summed E-state index contributed by atoms with van der Waals surface area (Å²) in [5.41, 5.74) is 8.20. The largest absolute Gasteiger partial charge is 0.493 e. The molecule has 0 aliphatic heterocycles. The van der Waals surface area contributed by atoms with Crippen molar-refractivity contribution in [3.8, 4) is 5.75 Å². The predicted molar refractivity (Wildman–Crippen MR) is 78.9 cm³/mol. The van der Waals surface area contributed by atoms with Gasteiger partial charge >= 0.3 is 4.87 Å². The molecule has 1 heterocycles. The van der Waals surface area contributed by atoms with Gasteiger partial charge < -0.3 is 20.8 Å². The number of anilines is 2. The van der Waals surface area contributed by atoms with E-state index in [0.717, 1.165) is 34.9 Å². The normalized spacial score (nSPS) is 10.4. The summed E-state index contributed by atoms with van der Waals surface area (Å²) in [7, 11) is 0. The van der Waals surface area contributed by atoms with Gasteiger partial charge in [-0.05, 0) is 12.5 Å². The van der Waals surface area contributed by atoms with Gasteiger partial charge in [0, 0.05) is 34.6 Å². The Morgan fingerprint density at radius 1 is 1.42 bits per heavy atom. The molecule has 0 saturated heterocycles. The summed E-state index contributed by atoms with van der Waals surface area (Å²) in [4.78, 5) is 13.7. The lowest BCUT2D eigenvalue weighted by atomic mass is 10.2. The number of H-pyrrole nitrogens is 1. The van der Waals surface area contributed by atoms with E-state index in [2.05, 4.69) is 17.2 Å². The van der Waals surface area contributed by atoms with Gasteiger partial charge in [0.25, 0.3) is 0 Å². The van der Waals surface area contributed by atoms with E-state index in [-0.39, 0.29) is 4.87 Å². The Morgan fingerprint density at radius 2 is 2.26 bits per heavy atom. The van der Waals surface area contributed by atoms with Crippen molar-refractivity contribution in [2.24, 2.45) is 0 Å². The quantitative estimate of drug-likeness (QED) is 0.709. The van der Waals surface area contributed by atoms with Crippen LogP contribution in [0.1, 0.15) is 19.0 Å². The average molecular weight is 279 g/mol. The maximum absolute atomic E-state index is 11.0. The standard InChI is InChI=1S/C13H17N3O2S/c1-2-3-18-12-5-9(14)4-10(6-12)15-7-11-8-19-13(17)16-11/h4-6,8,15H,2-3,7,14H2,1H3,(H,16,17). The third-order valence-corrected chi connectivity index (χ3v) is 3.17. The molecule has 4 N–H and O–H groups in total. The summed E-state index contributed by atoms with van der Waals surface area (Å²) in [6.45, 7) is 3.27. The smallest absolute Gasteiger partial charge is 0.304 e. The van der Waals surface area contributed by atoms with Crippen molar-refractivity contribution in [2.75, 3.05) is 17.7 Å². The van der Waals surface area contributed by atoms with Crippen LogP contribution < -0.4 is 20.7 Å². The van der Waals surface area contributed by atoms with Crippen LogP contribution in [0.4, 0.5) is 11.4 Å². The highest BCUT2D eigenvalue weighted by atomic mass is 32.1. The fraction of sp³-hybridized carbons (Fsp3) is 0.308. The van der Waals surface area contributed by atoms with Gasteiger partial charge in [-0.25, -0.2) is 0 Å². The maximum atomic E-state index is 11.0. The average Bonchev–Trinajstić information content (AvgIpc) is 2.79. The van der Waals surface area contributed by atoms with Crippen molar-refractivity contribution < 1.29 is 4.74 Å². The lowest BCUT2D eigenvalue weighted by Gasteiger charge is -2.10. The molecule has 0 saturated carbocycles. The molecule has 102 valence electrons. The summed E-state index contributed by atoms with van der Waals surface area (Å²) < 4.78 is 5.56. The Kier molecular flexibility index (Phi) is 4.46. The topological polar surface area (TPSA) is 80.1 Å². The zero-order valence-electron chi connectivity index (χ0n) is 10.7. The van der Waals surface area contributed by atoms with Crippen molar-refractivity contribution in [1.29, 1.82) is 0 Å². The first-order valence-corrected chi connectivity index (χ1v) is 6.99. The maximum Gasteiger partial charge on any atom is 0.304 e. The highest BCUT2D eigenvalue weighted by Crippen LogP contribution is 2.23. The van der Waals surface area contributed by atoms with E-state index >= 15 is 0 Å². The number of nitrogens with one attached hydrogen (secondary N) is 2. The number of nitrogen functional groups attached to an aromatic ring is 1. The zero-order valence-corrected chi connectivity index (χ0v) is 11.5. The van der Waals surface area contributed by atoms with Crippen LogP contribution in [0.15, 0.2) is 28.4 Å². The van der Waals surface area contributed by atoms with E-state index in [0.29, 0.717) is 18.8 Å². The second-order valence-electron chi connectivity index (χ2n) is 4.17. The monoisotopic (exact) mass is 279 g/mol. The summed E-state index contributed by atoms with van der Waals surface area (Å²) >= 11 is 1.16. The van der Waals surface area contributed by atoms with Crippen LogP contribution >= 0.6 is 11.3 Å². The third-order valence-electron chi connectivity index (χ3n) is 2.46. The number of rotatable bonds is 6. The number of nitrogens with two attached hydrogens (primary N) is 1. The van der Waals surface area contributed by atoms with Crippen LogP contribution in [0.2, 0.25) is 0 Å². The Bertz CT molecular complexity index is 592. The van der Waals surface area contributed by atoms with Crippen molar-refractivity contribution in [2.45, 2.75) is 19.9 Å². The Hall–Kier alpha value is -1.95. The minimum Gasteiger partial charge on any atom is -0.493 e. The first-order chi connectivity index (χ1) is 9.17. The van der Waals surface area contributed by atoms with Gasteiger partial charge in [0.2, 0.25) is 0 Å². The fourth-order valence-corrected chi connectivity index (χ4v) is 2.21. The van der Waals surface area contributed by atoms with Crippen molar-refractivity contribution in [3.05, 3.63) is 38.9 Å². The van der Waals surface area contributed by atoms with Crippen molar-refractivity contribution in [3.63, 3.8) is 0 Å². The molecule has 2 aromatic rings. The molecule has 0 aliphatic rings. The molecule has 0 atom stereocenters. The second kappa shape index (κ2) is 6.29. The summed E-state index contributed by atoms with van der Waals surface area (Å²) in [6, 6.07) is 5.53. The number of hydrogen-bond acceptors (Lipinski definition) is 5. The molecule has 0 spiro atoms. The van der Waals surface area contributed by atoms with E-state index in [4.69, 9.17) is 10.5 Å². The highest BCUT2D eigenvalue weighted by molar-refractivity contribution is 7.07. The van der Waals surface area contributed by atoms with Crippen molar-refractivity contribution >= 4 is 22.7 Å². The molecule has 0 bridgehead atoms. The molecular weight excluding hydrogens is 262 g/mol. The molecule has 1 aromatic carbocycles. The molecule has 1 aromatic heterocycles. The minimum absolute atomic E-state index is 0.0451. The second-order valence-corrected chi connectivity index (χ2v) is 5.01. The Labute approximate surface area is 115 Å². The van der Waals surface area contributed by atoms with Gasteiger partial charge in [0.05, 0.1) is 13.2 Å². The summed E-state index contributed by atoms with van der Waals surface area (Å²) in [5, 5.41) is 5.01. The van der Waals surface area contributed by atoms with E-state index in [1.54, 1.807) is 11.4 Å². The van der Waals surface area contributed by atoms with Crippen LogP contribution in [-0.4, -0.2) is 11.6 Å².